The molecule has 0 saturated carbocycles. The summed E-state index contributed by atoms with van der Waals surface area (Å²) in [5.74, 6) is 0. The first-order valence-corrected chi connectivity index (χ1v) is 6.44. The van der Waals surface area contributed by atoms with Crippen LogP contribution in [0.5, 0.6) is 0 Å². The molecule has 0 radical (unpaired) electrons. The van der Waals surface area contributed by atoms with Gasteiger partial charge in [-0.25, -0.2) is 4.99 Å². The Labute approximate surface area is 117 Å². The molecule has 2 aromatic rings. The highest BCUT2D eigenvalue weighted by Gasteiger charge is 2.10. The molecule has 3 heteroatoms. The fraction of sp³-hybridized carbons (Fsp3) is 0.133. The second-order valence-electron chi connectivity index (χ2n) is 3.98. The van der Waals surface area contributed by atoms with E-state index in [1.807, 2.05) is 42.5 Å². The number of hydrogen-bond donors (Lipinski definition) is 0. The van der Waals surface area contributed by atoms with Gasteiger partial charge in [-0.15, -0.1) is 0 Å². The van der Waals surface area contributed by atoms with Crippen LogP contribution in [0, 0.1) is 0 Å². The quantitative estimate of drug-likeness (QED) is 0.580. The van der Waals surface area contributed by atoms with Crippen molar-refractivity contribution in [1.82, 2.24) is 0 Å². The molecule has 1 unspecified atom stereocenters. The lowest BCUT2D eigenvalue weighted by Gasteiger charge is -2.11. The van der Waals surface area contributed by atoms with Crippen LogP contribution >= 0.6 is 23.8 Å². The van der Waals surface area contributed by atoms with Gasteiger partial charge in [0.15, 0.2) is 0 Å². The van der Waals surface area contributed by atoms with Crippen molar-refractivity contribution in [3.8, 4) is 0 Å². The Bertz CT molecular complexity index is 544. The smallest absolute Gasteiger partial charge is 0.0892 e. The Morgan fingerprint density at radius 1 is 1.06 bits per heavy atom. The van der Waals surface area contributed by atoms with E-state index >= 15 is 0 Å². The Morgan fingerprint density at radius 3 is 2.33 bits per heavy atom. The van der Waals surface area contributed by atoms with Crippen LogP contribution < -0.4 is 0 Å². The molecule has 0 bridgehead atoms. The molecule has 0 spiro atoms. The molecule has 2 aromatic carbocycles. The average molecular weight is 274 g/mol. The number of aliphatic imine (C=N–C) groups is 1. The predicted molar refractivity (Wildman–Crippen MR) is 79.4 cm³/mol. The average Bonchev–Trinajstić information content (AvgIpc) is 2.40. The summed E-state index contributed by atoms with van der Waals surface area (Å²) >= 11 is 10.6. The van der Waals surface area contributed by atoms with Gasteiger partial charge in [-0.3, -0.25) is 0 Å². The molecule has 2 rings (SSSR count). The first-order valence-electron chi connectivity index (χ1n) is 5.66. The van der Waals surface area contributed by atoms with Crippen molar-refractivity contribution in [1.29, 1.82) is 0 Å². The minimum Gasteiger partial charge on any atom is -0.224 e. The summed E-state index contributed by atoms with van der Waals surface area (Å²) < 4.78 is 0. The SMILES string of the molecule is S=C=NC(Cc1ccccc1)c1ccc(Cl)cc1. The fourth-order valence-corrected chi connectivity index (χ4v) is 2.08. The van der Waals surface area contributed by atoms with Gasteiger partial charge < -0.3 is 0 Å². The van der Waals surface area contributed by atoms with Crippen molar-refractivity contribution >= 4 is 29.0 Å². The molecule has 90 valence electrons. The Kier molecular flexibility index (Phi) is 4.66. The third kappa shape index (κ3) is 3.51. The van der Waals surface area contributed by atoms with Crippen molar-refractivity contribution in [2.75, 3.05) is 0 Å². The van der Waals surface area contributed by atoms with E-state index in [1.54, 1.807) is 0 Å². The molecule has 1 atom stereocenters. The molecule has 18 heavy (non-hydrogen) atoms. The Balaban J connectivity index is 2.23. The molecule has 1 nitrogen and oxygen atoms in total. The Morgan fingerprint density at radius 2 is 1.72 bits per heavy atom. The standard InChI is InChI=1S/C15H12ClNS/c16-14-8-6-13(7-9-14)15(17-11-18)10-12-4-2-1-3-5-12/h1-9,15H,10H2. The van der Waals surface area contributed by atoms with Crippen LogP contribution in [0.15, 0.2) is 59.6 Å². The maximum absolute atomic E-state index is 5.89. The largest absolute Gasteiger partial charge is 0.224 e. The van der Waals surface area contributed by atoms with Gasteiger partial charge in [-0.1, -0.05) is 54.1 Å². The van der Waals surface area contributed by atoms with Gasteiger partial charge >= 0.3 is 0 Å². The van der Waals surface area contributed by atoms with Crippen molar-refractivity contribution in [3.63, 3.8) is 0 Å². The van der Waals surface area contributed by atoms with E-state index in [0.29, 0.717) is 0 Å². The molecule has 0 aliphatic rings. The second-order valence-corrected chi connectivity index (χ2v) is 4.60. The second kappa shape index (κ2) is 6.46. The van der Waals surface area contributed by atoms with E-state index in [9.17, 15) is 0 Å². The molecule has 0 saturated heterocycles. The number of halogens is 1. The van der Waals surface area contributed by atoms with E-state index in [4.69, 9.17) is 23.8 Å². The maximum Gasteiger partial charge on any atom is 0.0892 e. The number of isothiocyanates is 1. The molecule has 0 aliphatic heterocycles. The van der Waals surface area contributed by atoms with Crippen LogP contribution in [0.4, 0.5) is 0 Å². The van der Waals surface area contributed by atoms with Crippen molar-refractivity contribution < 1.29 is 0 Å². The van der Waals surface area contributed by atoms with E-state index in [2.05, 4.69) is 22.3 Å². The monoisotopic (exact) mass is 273 g/mol. The van der Waals surface area contributed by atoms with Crippen LogP contribution in [0.3, 0.4) is 0 Å². The molecule has 0 aromatic heterocycles. The zero-order valence-electron chi connectivity index (χ0n) is 9.71. The van der Waals surface area contributed by atoms with Crippen LogP contribution in [0.25, 0.3) is 0 Å². The zero-order valence-corrected chi connectivity index (χ0v) is 11.3. The molecular formula is C15H12ClNS. The summed E-state index contributed by atoms with van der Waals surface area (Å²) in [6, 6.07) is 17.9. The molecule has 0 aliphatic carbocycles. The summed E-state index contributed by atoms with van der Waals surface area (Å²) in [5.41, 5.74) is 2.33. The van der Waals surface area contributed by atoms with Gasteiger partial charge in [0.25, 0.3) is 0 Å². The van der Waals surface area contributed by atoms with Crippen molar-refractivity contribution in [3.05, 3.63) is 70.7 Å². The van der Waals surface area contributed by atoms with Crippen LogP contribution in [-0.4, -0.2) is 5.16 Å². The highest BCUT2D eigenvalue weighted by Crippen LogP contribution is 2.23. The van der Waals surface area contributed by atoms with Crippen LogP contribution in [-0.2, 0) is 6.42 Å². The van der Waals surface area contributed by atoms with Crippen LogP contribution in [0.2, 0.25) is 5.02 Å². The van der Waals surface area contributed by atoms with Crippen molar-refractivity contribution in [2.45, 2.75) is 12.5 Å². The first kappa shape index (κ1) is 13.0. The number of nitrogens with zero attached hydrogens (tertiary/aromatic N) is 1. The summed E-state index contributed by atoms with van der Waals surface area (Å²) in [4.78, 5) is 4.24. The number of hydrogen-bond acceptors (Lipinski definition) is 2. The minimum atomic E-state index is 0.00201. The third-order valence-electron chi connectivity index (χ3n) is 2.74. The summed E-state index contributed by atoms with van der Waals surface area (Å²) in [7, 11) is 0. The van der Waals surface area contributed by atoms with E-state index in [1.165, 1.54) is 5.56 Å². The molecule has 0 amide bonds. The van der Waals surface area contributed by atoms with E-state index in [-0.39, 0.29) is 6.04 Å². The third-order valence-corrected chi connectivity index (χ3v) is 3.09. The van der Waals surface area contributed by atoms with E-state index < -0.39 is 0 Å². The molecular weight excluding hydrogens is 262 g/mol. The topological polar surface area (TPSA) is 12.4 Å². The van der Waals surface area contributed by atoms with Crippen LogP contribution in [0.1, 0.15) is 17.2 Å². The molecule has 0 N–H and O–H groups in total. The van der Waals surface area contributed by atoms with Gasteiger partial charge in [0, 0.05) is 5.02 Å². The lowest BCUT2D eigenvalue weighted by Crippen LogP contribution is -1.99. The minimum absolute atomic E-state index is 0.00201. The molecule has 0 fully saturated rings. The summed E-state index contributed by atoms with van der Waals surface area (Å²) in [6.45, 7) is 0. The maximum atomic E-state index is 5.89. The first-order chi connectivity index (χ1) is 8.79. The van der Waals surface area contributed by atoms with Crippen molar-refractivity contribution in [2.24, 2.45) is 4.99 Å². The normalized spacial score (nSPS) is 11.6. The summed E-state index contributed by atoms with van der Waals surface area (Å²) in [5, 5.41) is 3.20. The highest BCUT2D eigenvalue weighted by molar-refractivity contribution is 7.78. The summed E-state index contributed by atoms with van der Waals surface area (Å²) in [6.07, 6.45) is 0.812. The highest BCUT2D eigenvalue weighted by atomic mass is 35.5. The van der Waals surface area contributed by atoms with Gasteiger partial charge in [-0.2, -0.15) is 0 Å². The lowest BCUT2D eigenvalue weighted by molar-refractivity contribution is 0.730. The van der Waals surface area contributed by atoms with Gasteiger partial charge in [0.1, 0.15) is 0 Å². The number of benzene rings is 2. The molecule has 0 heterocycles. The number of thiocarbonyl (C=S) groups is 1. The lowest BCUT2D eigenvalue weighted by atomic mass is 9.99. The van der Waals surface area contributed by atoms with Gasteiger partial charge in [-0.05, 0) is 41.9 Å². The van der Waals surface area contributed by atoms with Gasteiger partial charge in [0.05, 0.1) is 11.2 Å². The fourth-order valence-electron chi connectivity index (χ4n) is 1.82. The Hall–Kier alpha value is -1.47. The van der Waals surface area contributed by atoms with E-state index in [0.717, 1.165) is 17.0 Å². The van der Waals surface area contributed by atoms with Gasteiger partial charge in [0.2, 0.25) is 0 Å². The predicted octanol–water partition coefficient (Wildman–Crippen LogP) is 4.73. The number of rotatable bonds is 4. The zero-order chi connectivity index (χ0) is 12.8.